The Morgan fingerprint density at radius 2 is 1.88 bits per heavy atom. The molecule has 0 aromatic heterocycles. The second kappa shape index (κ2) is 10.2. The lowest BCUT2D eigenvalue weighted by atomic mass is 10.1. The zero-order chi connectivity index (χ0) is 23.2. The van der Waals surface area contributed by atoms with Crippen LogP contribution in [0.1, 0.15) is 24.5 Å². The van der Waals surface area contributed by atoms with Crippen LogP contribution in [0, 0.1) is 6.92 Å². The predicted octanol–water partition coefficient (Wildman–Crippen LogP) is 4.76. The molecule has 170 valence electrons. The first kappa shape index (κ1) is 22.4. The maximum absolute atomic E-state index is 12.8. The molecule has 0 radical (unpaired) electrons. The van der Waals surface area contributed by atoms with Gasteiger partial charge in [0.1, 0.15) is 18.1 Å². The van der Waals surface area contributed by atoms with Gasteiger partial charge in [0.2, 0.25) is 5.91 Å². The second-order valence-corrected chi connectivity index (χ2v) is 8.13. The standard InChI is InChI=1S/C27H28N2O4/c1-19-7-6-10-23(17-19)32-16-15-29-24-18-22(12-13-25(24)33-20(2)27(29)31)28-26(30)14-11-21-8-4-3-5-9-21/h3-10,12-13,17-18,20H,11,14-16H2,1-2H3,(H,28,30). The van der Waals surface area contributed by atoms with Crippen molar-refractivity contribution in [3.63, 3.8) is 0 Å². The van der Waals surface area contributed by atoms with E-state index in [1.807, 2.05) is 61.5 Å². The minimum Gasteiger partial charge on any atom is -0.492 e. The minimum atomic E-state index is -0.581. The fraction of sp³-hybridized carbons (Fsp3) is 0.259. The maximum atomic E-state index is 12.8. The van der Waals surface area contributed by atoms with Crippen molar-refractivity contribution in [3.8, 4) is 11.5 Å². The molecule has 1 aliphatic rings. The van der Waals surface area contributed by atoms with Gasteiger partial charge in [0.25, 0.3) is 5.91 Å². The van der Waals surface area contributed by atoms with Gasteiger partial charge in [-0.15, -0.1) is 0 Å². The van der Waals surface area contributed by atoms with Crippen molar-refractivity contribution in [1.82, 2.24) is 0 Å². The number of benzene rings is 3. The quantitative estimate of drug-likeness (QED) is 0.544. The highest BCUT2D eigenvalue weighted by molar-refractivity contribution is 6.01. The molecule has 1 atom stereocenters. The molecule has 2 amide bonds. The molecule has 4 rings (SSSR count). The van der Waals surface area contributed by atoms with Gasteiger partial charge in [-0.1, -0.05) is 42.5 Å². The number of hydrogen-bond acceptors (Lipinski definition) is 4. The summed E-state index contributed by atoms with van der Waals surface area (Å²) in [5.41, 5.74) is 3.49. The fourth-order valence-electron chi connectivity index (χ4n) is 3.80. The monoisotopic (exact) mass is 444 g/mol. The number of hydrogen-bond donors (Lipinski definition) is 1. The smallest absolute Gasteiger partial charge is 0.267 e. The van der Waals surface area contributed by atoms with Gasteiger partial charge in [-0.25, -0.2) is 0 Å². The number of carbonyl (C=O) groups is 2. The van der Waals surface area contributed by atoms with Crippen LogP contribution in [0.2, 0.25) is 0 Å². The molecule has 6 heteroatoms. The Kier molecular flexibility index (Phi) is 6.93. The highest BCUT2D eigenvalue weighted by atomic mass is 16.5. The normalized spacial score (nSPS) is 14.9. The summed E-state index contributed by atoms with van der Waals surface area (Å²) in [6, 6.07) is 23.1. The molecular formula is C27H28N2O4. The molecule has 1 N–H and O–H groups in total. The van der Waals surface area contributed by atoms with E-state index >= 15 is 0 Å². The Morgan fingerprint density at radius 1 is 1.06 bits per heavy atom. The van der Waals surface area contributed by atoms with Gasteiger partial charge in [0.05, 0.1) is 12.2 Å². The number of ether oxygens (including phenoxy) is 2. The zero-order valence-electron chi connectivity index (χ0n) is 18.9. The first-order chi connectivity index (χ1) is 16.0. The first-order valence-electron chi connectivity index (χ1n) is 11.1. The van der Waals surface area contributed by atoms with Crippen molar-refractivity contribution in [1.29, 1.82) is 0 Å². The van der Waals surface area contributed by atoms with Crippen LogP contribution in [0.25, 0.3) is 0 Å². The molecule has 0 saturated carbocycles. The zero-order valence-corrected chi connectivity index (χ0v) is 18.9. The Labute approximate surface area is 194 Å². The van der Waals surface area contributed by atoms with E-state index < -0.39 is 6.10 Å². The van der Waals surface area contributed by atoms with Crippen molar-refractivity contribution >= 4 is 23.2 Å². The topological polar surface area (TPSA) is 67.9 Å². The van der Waals surface area contributed by atoms with Crippen LogP contribution >= 0.6 is 0 Å². The fourth-order valence-corrected chi connectivity index (χ4v) is 3.80. The second-order valence-electron chi connectivity index (χ2n) is 8.13. The molecule has 1 heterocycles. The van der Waals surface area contributed by atoms with E-state index in [1.165, 1.54) is 0 Å². The first-order valence-corrected chi connectivity index (χ1v) is 11.1. The van der Waals surface area contributed by atoms with Crippen molar-refractivity contribution in [2.75, 3.05) is 23.4 Å². The average molecular weight is 445 g/mol. The molecule has 0 aliphatic carbocycles. The van der Waals surface area contributed by atoms with Crippen LogP contribution in [-0.4, -0.2) is 31.1 Å². The summed E-state index contributed by atoms with van der Waals surface area (Å²) in [5, 5.41) is 2.93. The SMILES string of the molecule is Cc1cccc(OCCN2C(=O)C(C)Oc3ccc(NC(=O)CCc4ccccc4)cc32)c1. The molecule has 3 aromatic carbocycles. The Bertz CT molecular complexity index is 1130. The van der Waals surface area contributed by atoms with Crippen molar-refractivity contribution < 1.29 is 19.1 Å². The number of nitrogens with zero attached hydrogens (tertiary/aromatic N) is 1. The van der Waals surface area contributed by atoms with E-state index in [2.05, 4.69) is 5.32 Å². The summed E-state index contributed by atoms with van der Waals surface area (Å²) in [7, 11) is 0. The molecule has 0 fully saturated rings. The third kappa shape index (κ3) is 5.71. The van der Waals surface area contributed by atoms with Gasteiger partial charge in [-0.2, -0.15) is 0 Å². The minimum absolute atomic E-state index is 0.0791. The number of carbonyl (C=O) groups excluding carboxylic acids is 2. The maximum Gasteiger partial charge on any atom is 0.267 e. The number of aryl methyl sites for hydroxylation is 2. The van der Waals surface area contributed by atoms with Crippen LogP contribution in [0.5, 0.6) is 11.5 Å². The van der Waals surface area contributed by atoms with Gasteiger partial charge < -0.3 is 19.7 Å². The Balaban J connectivity index is 1.42. The van der Waals surface area contributed by atoms with Crippen LogP contribution in [-0.2, 0) is 16.0 Å². The summed E-state index contributed by atoms with van der Waals surface area (Å²) in [6.07, 6.45) is 0.462. The number of amides is 2. The van der Waals surface area contributed by atoms with Crippen molar-refractivity contribution in [3.05, 3.63) is 83.9 Å². The van der Waals surface area contributed by atoms with E-state index in [0.717, 1.165) is 16.9 Å². The average Bonchev–Trinajstić information content (AvgIpc) is 2.81. The van der Waals surface area contributed by atoms with E-state index in [4.69, 9.17) is 9.47 Å². The lowest BCUT2D eigenvalue weighted by molar-refractivity contribution is -0.125. The number of fused-ring (bicyclic) bond motifs is 1. The van der Waals surface area contributed by atoms with Crippen LogP contribution in [0.3, 0.4) is 0 Å². The van der Waals surface area contributed by atoms with Crippen LogP contribution in [0.4, 0.5) is 11.4 Å². The summed E-state index contributed by atoms with van der Waals surface area (Å²) < 4.78 is 11.6. The summed E-state index contributed by atoms with van der Waals surface area (Å²) in [4.78, 5) is 27.0. The van der Waals surface area contributed by atoms with Crippen molar-refractivity contribution in [2.45, 2.75) is 32.8 Å². The van der Waals surface area contributed by atoms with Gasteiger partial charge in [0, 0.05) is 12.1 Å². The molecule has 0 spiro atoms. The molecule has 0 bridgehead atoms. The Morgan fingerprint density at radius 3 is 2.67 bits per heavy atom. The molecule has 3 aromatic rings. The molecule has 1 aliphatic heterocycles. The van der Waals surface area contributed by atoms with Crippen molar-refractivity contribution in [2.24, 2.45) is 0 Å². The van der Waals surface area contributed by atoms with Gasteiger partial charge in [-0.3, -0.25) is 9.59 Å². The highest BCUT2D eigenvalue weighted by Gasteiger charge is 2.31. The highest BCUT2D eigenvalue weighted by Crippen LogP contribution is 2.36. The summed E-state index contributed by atoms with van der Waals surface area (Å²) in [6.45, 7) is 4.46. The van der Waals surface area contributed by atoms with E-state index in [0.29, 0.717) is 43.1 Å². The number of nitrogens with one attached hydrogen (secondary N) is 1. The van der Waals surface area contributed by atoms with Crippen LogP contribution < -0.4 is 19.7 Å². The van der Waals surface area contributed by atoms with Crippen LogP contribution in [0.15, 0.2) is 72.8 Å². The summed E-state index contributed by atoms with van der Waals surface area (Å²) in [5.74, 6) is 1.16. The molecule has 33 heavy (non-hydrogen) atoms. The molecule has 6 nitrogen and oxygen atoms in total. The van der Waals surface area contributed by atoms with E-state index in [1.54, 1.807) is 30.0 Å². The van der Waals surface area contributed by atoms with E-state index in [9.17, 15) is 9.59 Å². The lowest BCUT2D eigenvalue weighted by Crippen LogP contribution is -2.46. The number of anilines is 2. The Hall–Kier alpha value is -3.80. The van der Waals surface area contributed by atoms with E-state index in [-0.39, 0.29) is 11.8 Å². The lowest BCUT2D eigenvalue weighted by Gasteiger charge is -2.33. The van der Waals surface area contributed by atoms with Gasteiger partial charge in [-0.05, 0) is 61.7 Å². The van der Waals surface area contributed by atoms with Gasteiger partial charge in [0.15, 0.2) is 6.10 Å². The third-order valence-corrected chi connectivity index (χ3v) is 5.51. The largest absolute Gasteiger partial charge is 0.492 e. The van der Waals surface area contributed by atoms with Gasteiger partial charge >= 0.3 is 0 Å². The molecule has 1 unspecified atom stereocenters. The molecule has 0 saturated heterocycles. The summed E-state index contributed by atoms with van der Waals surface area (Å²) >= 11 is 0. The predicted molar refractivity (Wildman–Crippen MR) is 129 cm³/mol. The number of rotatable bonds is 8. The molecular weight excluding hydrogens is 416 g/mol. The third-order valence-electron chi connectivity index (χ3n) is 5.51.